The quantitative estimate of drug-likeness (QED) is 0.655. The van der Waals surface area contributed by atoms with Crippen LogP contribution in [0.1, 0.15) is 0 Å². The monoisotopic (exact) mass is 254 g/mol. The van der Waals surface area contributed by atoms with Gasteiger partial charge in [0.05, 0.1) is 7.59 Å². The van der Waals surface area contributed by atoms with Gasteiger partial charge in [-0.15, -0.1) is 0 Å². The summed E-state index contributed by atoms with van der Waals surface area (Å²) in [7, 11) is -3.08. The molecule has 0 nitrogen and oxygen atoms in total. The maximum absolute atomic E-state index is 2.66. The van der Waals surface area contributed by atoms with Crippen LogP contribution in [0.15, 0.2) is 24.3 Å². The van der Waals surface area contributed by atoms with Crippen LogP contribution < -0.4 is 0 Å². The van der Waals surface area contributed by atoms with E-state index in [-0.39, 0.29) is 0 Å². The minimum atomic E-state index is -1.11. The van der Waals surface area contributed by atoms with E-state index in [1.165, 1.54) is 0 Å². The Kier molecular flexibility index (Phi) is 3.39. The summed E-state index contributed by atoms with van der Waals surface area (Å²) in [5, 5.41) is 0. The summed E-state index contributed by atoms with van der Waals surface area (Å²) in [5.74, 6) is 0. The zero-order valence-corrected chi connectivity index (χ0v) is 14.4. The molecule has 0 bridgehead atoms. The molecule has 0 N–H and O–H groups in total. The maximum Gasteiger partial charge on any atom is 0.0505 e. The fourth-order valence-corrected chi connectivity index (χ4v) is 34.0. The average Bonchev–Trinajstić information content (AvgIpc) is 2.53. The van der Waals surface area contributed by atoms with Crippen molar-refractivity contribution in [2.24, 2.45) is 0 Å². The van der Waals surface area contributed by atoms with Crippen molar-refractivity contribution in [3.63, 3.8) is 0 Å². The van der Waals surface area contributed by atoms with E-state index in [0.717, 1.165) is 5.54 Å². The standard InChI is InChI=1S/C12H26Si3/c1-13(2,3)15(6,7)14(4,5)12-10-8-9-11-12/h8-12H,1-7H3. The van der Waals surface area contributed by atoms with Crippen LogP contribution >= 0.6 is 0 Å². The SMILES string of the molecule is C[Si](C)(C)[Si](C)(C)[Si](C)(C)C1C=CC=C1. The molecule has 0 atom stereocenters. The number of allylic oxidation sites excluding steroid dienone is 4. The van der Waals surface area contributed by atoms with Gasteiger partial charge in [-0.2, -0.15) is 0 Å². The van der Waals surface area contributed by atoms with Crippen LogP contribution in [0.2, 0.25) is 51.4 Å². The van der Waals surface area contributed by atoms with E-state index >= 15 is 0 Å². The van der Waals surface area contributed by atoms with Crippen molar-refractivity contribution in [3.05, 3.63) is 24.3 Å². The van der Waals surface area contributed by atoms with E-state index < -0.39 is 22.3 Å². The lowest BCUT2D eigenvalue weighted by molar-refractivity contribution is 1.32. The second kappa shape index (κ2) is 3.86. The highest BCUT2D eigenvalue weighted by Crippen LogP contribution is 2.39. The Labute approximate surface area is 98.1 Å². The van der Waals surface area contributed by atoms with Crippen molar-refractivity contribution in [1.82, 2.24) is 0 Å². The van der Waals surface area contributed by atoms with Gasteiger partial charge in [0.15, 0.2) is 0 Å². The van der Waals surface area contributed by atoms with Gasteiger partial charge in [-0.05, 0) is 5.54 Å². The predicted octanol–water partition coefficient (Wildman–Crippen LogP) is 4.39. The molecule has 0 unspecified atom stereocenters. The molecule has 3 heteroatoms. The van der Waals surface area contributed by atoms with Crippen LogP contribution in [0.3, 0.4) is 0 Å². The summed E-state index contributed by atoms with van der Waals surface area (Å²) in [6, 6.07) is 0. The molecule has 1 rings (SSSR count). The molecule has 0 spiro atoms. The highest BCUT2D eigenvalue weighted by Gasteiger charge is 2.52. The third kappa shape index (κ3) is 2.15. The van der Waals surface area contributed by atoms with Gasteiger partial charge in [-0.1, -0.05) is 70.1 Å². The van der Waals surface area contributed by atoms with Crippen molar-refractivity contribution in [2.75, 3.05) is 0 Å². The molecule has 1 aliphatic rings. The van der Waals surface area contributed by atoms with Crippen molar-refractivity contribution in [3.8, 4) is 0 Å². The van der Waals surface area contributed by atoms with Crippen LogP contribution in [-0.2, 0) is 0 Å². The largest absolute Gasteiger partial charge is 0.0806 e. The number of rotatable bonds is 3. The molecule has 0 saturated carbocycles. The Morgan fingerprint density at radius 3 is 1.47 bits per heavy atom. The summed E-state index contributed by atoms with van der Waals surface area (Å²) in [6.45, 7) is 18.3. The molecule has 0 heterocycles. The van der Waals surface area contributed by atoms with Gasteiger partial charge < -0.3 is 0 Å². The highest BCUT2D eigenvalue weighted by atomic mass is 29.6. The maximum atomic E-state index is 2.66. The summed E-state index contributed by atoms with van der Waals surface area (Å²) in [6.07, 6.45) is 9.38. The lowest BCUT2D eigenvalue weighted by atomic mass is 10.5. The van der Waals surface area contributed by atoms with Crippen molar-refractivity contribution in [1.29, 1.82) is 0 Å². The molecule has 86 valence electrons. The van der Waals surface area contributed by atoms with E-state index in [2.05, 4.69) is 70.1 Å². The molecular formula is C12H26Si3. The first kappa shape index (κ1) is 13.2. The average molecular weight is 255 g/mol. The number of hydrogen-bond donors (Lipinski definition) is 0. The van der Waals surface area contributed by atoms with Crippen LogP contribution in [-0.4, -0.2) is 22.3 Å². The van der Waals surface area contributed by atoms with Crippen molar-refractivity contribution in [2.45, 2.75) is 51.4 Å². The van der Waals surface area contributed by atoms with Gasteiger partial charge in [0.2, 0.25) is 0 Å². The van der Waals surface area contributed by atoms with E-state index in [0.29, 0.717) is 0 Å². The molecule has 0 aromatic carbocycles. The summed E-state index contributed by atoms with van der Waals surface area (Å²) < 4.78 is 0. The Morgan fingerprint density at radius 1 is 0.733 bits per heavy atom. The van der Waals surface area contributed by atoms with Crippen molar-refractivity contribution < 1.29 is 0 Å². The van der Waals surface area contributed by atoms with Gasteiger partial charge in [-0.25, -0.2) is 0 Å². The first-order valence-electron chi connectivity index (χ1n) is 5.96. The predicted molar refractivity (Wildman–Crippen MR) is 80.3 cm³/mol. The molecule has 0 aliphatic heterocycles. The van der Waals surface area contributed by atoms with E-state index in [9.17, 15) is 0 Å². The molecule has 15 heavy (non-hydrogen) atoms. The van der Waals surface area contributed by atoms with Gasteiger partial charge in [0.25, 0.3) is 0 Å². The minimum Gasteiger partial charge on any atom is -0.0806 e. The Morgan fingerprint density at radius 2 is 1.13 bits per heavy atom. The summed E-state index contributed by atoms with van der Waals surface area (Å²) in [5.41, 5.74) is 0.811. The van der Waals surface area contributed by atoms with Gasteiger partial charge in [-0.3, -0.25) is 0 Å². The van der Waals surface area contributed by atoms with Gasteiger partial charge in [0, 0.05) is 14.7 Å². The molecule has 1 aliphatic carbocycles. The Bertz CT molecular complexity index is 280. The second-order valence-electron chi connectivity index (χ2n) is 6.89. The lowest BCUT2D eigenvalue weighted by Crippen LogP contribution is -2.70. The molecular weight excluding hydrogens is 228 g/mol. The fourth-order valence-electron chi connectivity index (χ4n) is 2.30. The Hall–Kier alpha value is 0.131. The van der Waals surface area contributed by atoms with E-state index in [1.54, 1.807) is 0 Å². The lowest BCUT2D eigenvalue weighted by Gasteiger charge is -2.49. The third-order valence-electron chi connectivity index (χ3n) is 5.07. The fraction of sp³-hybridized carbons (Fsp3) is 0.667. The summed E-state index contributed by atoms with van der Waals surface area (Å²) in [4.78, 5) is 0. The molecule has 0 fully saturated rings. The first-order valence-corrected chi connectivity index (χ1v) is 17.5. The topological polar surface area (TPSA) is 0 Å². The zero-order chi connectivity index (χ0) is 11.9. The third-order valence-corrected chi connectivity index (χ3v) is 48.6. The van der Waals surface area contributed by atoms with Crippen LogP contribution in [0.5, 0.6) is 0 Å². The van der Waals surface area contributed by atoms with Gasteiger partial charge in [0.1, 0.15) is 0 Å². The van der Waals surface area contributed by atoms with Crippen LogP contribution in [0, 0.1) is 0 Å². The Balaban J connectivity index is 3.04. The van der Waals surface area contributed by atoms with E-state index in [4.69, 9.17) is 0 Å². The van der Waals surface area contributed by atoms with E-state index in [1.807, 2.05) is 0 Å². The zero-order valence-electron chi connectivity index (χ0n) is 11.4. The van der Waals surface area contributed by atoms with Crippen LogP contribution in [0.25, 0.3) is 0 Å². The minimum absolute atomic E-state index is 0.811. The number of hydrogen-bond acceptors (Lipinski definition) is 0. The van der Waals surface area contributed by atoms with Crippen LogP contribution in [0.4, 0.5) is 0 Å². The molecule has 0 aromatic heterocycles. The molecule has 0 aromatic rings. The normalized spacial score (nSPS) is 18.9. The molecule has 0 saturated heterocycles. The molecule has 0 radical (unpaired) electrons. The van der Waals surface area contributed by atoms with Crippen molar-refractivity contribution >= 4 is 22.3 Å². The smallest absolute Gasteiger partial charge is 0.0505 e. The summed E-state index contributed by atoms with van der Waals surface area (Å²) >= 11 is 0. The van der Waals surface area contributed by atoms with Gasteiger partial charge >= 0.3 is 0 Å². The molecule has 0 amide bonds. The first-order chi connectivity index (χ1) is 6.61. The second-order valence-corrected chi connectivity index (χ2v) is 36.1. The highest BCUT2D eigenvalue weighted by molar-refractivity contribution is 7.68.